The van der Waals surface area contributed by atoms with Gasteiger partial charge in [0.2, 0.25) is 24.0 Å². The number of carbonyl (C=O) groups is 7. The first-order valence-electron chi connectivity index (χ1n) is 13.8. The van der Waals surface area contributed by atoms with Gasteiger partial charge in [0.1, 0.15) is 18.6 Å². The summed E-state index contributed by atoms with van der Waals surface area (Å²) in [4.78, 5) is 97.3. The molecule has 3 atom stereocenters. The lowest BCUT2D eigenvalue weighted by molar-refractivity contribution is -0.163. The number of hydrogen-bond acceptors (Lipinski definition) is 12. The van der Waals surface area contributed by atoms with E-state index in [1.807, 2.05) is 12.1 Å². The van der Waals surface area contributed by atoms with Crippen LogP contribution in [0.5, 0.6) is 0 Å². The van der Waals surface area contributed by atoms with Gasteiger partial charge in [-0.2, -0.15) is 0 Å². The van der Waals surface area contributed by atoms with Crippen LogP contribution < -0.4 is 10.2 Å². The molecule has 2 aliphatic heterocycles. The summed E-state index contributed by atoms with van der Waals surface area (Å²) in [6.45, 7) is 3.05. The molecule has 0 aromatic carbocycles. The summed E-state index contributed by atoms with van der Waals surface area (Å²) in [6.07, 6.45) is -0.255. The number of piperazine rings is 2. The van der Waals surface area contributed by atoms with E-state index in [4.69, 9.17) is 9.47 Å². The molecule has 0 saturated carbocycles. The van der Waals surface area contributed by atoms with Crippen LogP contribution in [-0.4, -0.2) is 138 Å². The standard InChI is InChI=1S/C27H36N6O11/c1-17(34)43-18(2)44-27(41)29-20(14-22(35)31-10-8-30(9-11-31)19-4-6-28-7-5-19)25(39)33-13-12-32(16-23(36)37)26(40)21(33)15-24(38)42-3/h4-7,18,20-21H,8-16H2,1-3H3,(H,29,41)(H,36,37). The Kier molecular flexibility index (Phi) is 11.8. The Morgan fingerprint density at radius 1 is 1.02 bits per heavy atom. The maximum atomic E-state index is 13.9. The number of pyridine rings is 1. The number of nitrogens with one attached hydrogen (secondary N) is 1. The minimum Gasteiger partial charge on any atom is -0.480 e. The van der Waals surface area contributed by atoms with Gasteiger partial charge < -0.3 is 44.2 Å². The van der Waals surface area contributed by atoms with Crippen molar-refractivity contribution in [2.75, 3.05) is 57.8 Å². The van der Waals surface area contributed by atoms with Crippen molar-refractivity contribution in [2.45, 2.75) is 45.1 Å². The minimum atomic E-state index is -1.54. The molecule has 2 saturated heterocycles. The average molecular weight is 621 g/mol. The van der Waals surface area contributed by atoms with E-state index in [9.17, 15) is 38.7 Å². The van der Waals surface area contributed by atoms with E-state index < -0.39 is 79.5 Å². The summed E-state index contributed by atoms with van der Waals surface area (Å²) in [5, 5.41) is 11.5. The zero-order valence-corrected chi connectivity index (χ0v) is 24.7. The molecule has 2 fully saturated rings. The molecule has 0 radical (unpaired) electrons. The van der Waals surface area contributed by atoms with Crippen molar-refractivity contribution in [2.24, 2.45) is 0 Å². The van der Waals surface area contributed by atoms with Crippen molar-refractivity contribution in [1.29, 1.82) is 0 Å². The van der Waals surface area contributed by atoms with E-state index in [-0.39, 0.29) is 13.1 Å². The van der Waals surface area contributed by atoms with Gasteiger partial charge >= 0.3 is 24.0 Å². The van der Waals surface area contributed by atoms with Gasteiger partial charge in [0, 0.05) is 71.2 Å². The predicted octanol–water partition coefficient (Wildman–Crippen LogP) is -1.19. The number of alkyl carbamates (subject to hydrolysis) is 1. The zero-order chi connectivity index (χ0) is 32.4. The van der Waals surface area contributed by atoms with Crippen molar-refractivity contribution in [1.82, 2.24) is 25.0 Å². The number of carboxylic acids is 1. The summed E-state index contributed by atoms with van der Waals surface area (Å²) in [7, 11) is 1.09. The van der Waals surface area contributed by atoms with Gasteiger partial charge in [-0.25, -0.2) is 4.79 Å². The van der Waals surface area contributed by atoms with E-state index in [1.165, 1.54) is 11.8 Å². The third-order valence-corrected chi connectivity index (χ3v) is 7.01. The molecule has 17 heteroatoms. The van der Waals surface area contributed by atoms with Crippen LogP contribution in [0.4, 0.5) is 10.5 Å². The molecule has 3 rings (SSSR count). The molecule has 2 N–H and O–H groups in total. The van der Waals surface area contributed by atoms with Crippen LogP contribution in [-0.2, 0) is 43.0 Å². The van der Waals surface area contributed by atoms with E-state index in [2.05, 4.69) is 19.9 Å². The smallest absolute Gasteiger partial charge is 0.410 e. The zero-order valence-electron chi connectivity index (χ0n) is 24.7. The highest BCUT2D eigenvalue weighted by atomic mass is 16.7. The molecule has 3 unspecified atom stereocenters. The second-order valence-corrected chi connectivity index (χ2v) is 10.0. The first-order valence-corrected chi connectivity index (χ1v) is 13.8. The van der Waals surface area contributed by atoms with Crippen LogP contribution in [0.25, 0.3) is 0 Å². The van der Waals surface area contributed by atoms with Crippen molar-refractivity contribution < 1.29 is 52.9 Å². The lowest BCUT2D eigenvalue weighted by atomic mass is 10.0. The fraction of sp³-hybridized carbons (Fsp3) is 0.556. The molecule has 3 heterocycles. The number of amides is 4. The van der Waals surface area contributed by atoms with Gasteiger partial charge in [-0.15, -0.1) is 0 Å². The molecular formula is C27H36N6O11. The molecule has 0 bridgehead atoms. The van der Waals surface area contributed by atoms with Crippen LogP contribution in [0.3, 0.4) is 0 Å². The van der Waals surface area contributed by atoms with Gasteiger partial charge in [0.05, 0.1) is 20.0 Å². The van der Waals surface area contributed by atoms with Crippen LogP contribution in [0.2, 0.25) is 0 Å². The maximum absolute atomic E-state index is 13.9. The van der Waals surface area contributed by atoms with Gasteiger partial charge in [0.25, 0.3) is 0 Å². The highest BCUT2D eigenvalue weighted by Crippen LogP contribution is 2.20. The Balaban J connectivity index is 1.79. The van der Waals surface area contributed by atoms with Gasteiger partial charge in [-0.05, 0) is 12.1 Å². The number of ether oxygens (including phenoxy) is 3. The van der Waals surface area contributed by atoms with Crippen molar-refractivity contribution in [3.63, 3.8) is 0 Å². The molecule has 0 aliphatic carbocycles. The van der Waals surface area contributed by atoms with E-state index in [0.717, 1.165) is 29.5 Å². The van der Waals surface area contributed by atoms with Crippen LogP contribution in [0.1, 0.15) is 26.7 Å². The molecule has 44 heavy (non-hydrogen) atoms. The fourth-order valence-corrected chi connectivity index (χ4v) is 4.92. The van der Waals surface area contributed by atoms with Gasteiger partial charge in [-0.3, -0.25) is 33.8 Å². The summed E-state index contributed by atoms with van der Waals surface area (Å²) >= 11 is 0. The van der Waals surface area contributed by atoms with Crippen LogP contribution in [0, 0.1) is 0 Å². The first kappa shape index (κ1) is 33.5. The van der Waals surface area contributed by atoms with E-state index in [0.29, 0.717) is 26.2 Å². The van der Waals surface area contributed by atoms with E-state index in [1.54, 1.807) is 12.4 Å². The predicted molar refractivity (Wildman–Crippen MR) is 149 cm³/mol. The van der Waals surface area contributed by atoms with E-state index >= 15 is 0 Å². The molecule has 4 amide bonds. The summed E-state index contributed by atoms with van der Waals surface area (Å²) in [5.74, 6) is -4.98. The topological polar surface area (TPSA) is 205 Å². The molecule has 2 aliphatic rings. The van der Waals surface area contributed by atoms with Crippen molar-refractivity contribution >= 4 is 47.4 Å². The number of nitrogens with zero attached hydrogens (tertiary/aromatic N) is 5. The number of aromatic nitrogens is 1. The second kappa shape index (κ2) is 15.5. The Morgan fingerprint density at radius 3 is 2.27 bits per heavy atom. The molecular weight excluding hydrogens is 584 g/mol. The second-order valence-electron chi connectivity index (χ2n) is 10.0. The summed E-state index contributed by atoms with van der Waals surface area (Å²) < 4.78 is 14.4. The number of methoxy groups -OCH3 is 1. The highest BCUT2D eigenvalue weighted by molar-refractivity contribution is 5.97. The third-order valence-electron chi connectivity index (χ3n) is 7.01. The SMILES string of the molecule is COC(=O)CC1C(=O)N(CC(=O)O)CCN1C(=O)C(CC(=O)N1CCN(c2ccncc2)CC1)NC(=O)OC(C)OC(C)=O. The quantitative estimate of drug-likeness (QED) is 0.221. The maximum Gasteiger partial charge on any atom is 0.410 e. The number of aliphatic carboxylic acids is 1. The van der Waals surface area contributed by atoms with Crippen molar-refractivity contribution in [3.05, 3.63) is 24.5 Å². The van der Waals surface area contributed by atoms with Crippen LogP contribution in [0.15, 0.2) is 24.5 Å². The first-order chi connectivity index (χ1) is 20.9. The number of anilines is 1. The molecule has 240 valence electrons. The average Bonchev–Trinajstić information content (AvgIpc) is 2.98. The van der Waals surface area contributed by atoms with Crippen LogP contribution >= 0.6 is 0 Å². The molecule has 17 nitrogen and oxygen atoms in total. The molecule has 1 aromatic heterocycles. The number of esters is 2. The molecule has 0 spiro atoms. The molecule has 1 aromatic rings. The largest absolute Gasteiger partial charge is 0.480 e. The lowest BCUT2D eigenvalue weighted by Crippen LogP contribution is -2.63. The monoisotopic (exact) mass is 620 g/mol. The third kappa shape index (κ3) is 9.27. The number of hydrogen-bond donors (Lipinski definition) is 2. The van der Waals surface area contributed by atoms with Gasteiger partial charge in [-0.1, -0.05) is 0 Å². The lowest BCUT2D eigenvalue weighted by Gasteiger charge is -2.41. The summed E-state index contributed by atoms with van der Waals surface area (Å²) in [5.41, 5.74) is 0.940. The Hall–Kier alpha value is -4.96. The van der Waals surface area contributed by atoms with Crippen molar-refractivity contribution in [3.8, 4) is 0 Å². The minimum absolute atomic E-state index is 0.167. The fourth-order valence-electron chi connectivity index (χ4n) is 4.92. The van der Waals surface area contributed by atoms with Gasteiger partial charge in [0.15, 0.2) is 0 Å². The Morgan fingerprint density at radius 2 is 1.68 bits per heavy atom. The highest BCUT2D eigenvalue weighted by Gasteiger charge is 2.43. The Labute approximate surface area is 253 Å². The Bertz CT molecular complexity index is 1240. The number of rotatable bonds is 11. The number of carboxylic acid groups (broad SMARTS) is 1. The number of carbonyl (C=O) groups excluding carboxylic acids is 6. The summed E-state index contributed by atoms with van der Waals surface area (Å²) in [6, 6.07) is 0.709. The normalized spacial score (nSPS) is 18.2.